The average Bonchev–Trinajstić information content (AvgIpc) is 2.35. The van der Waals surface area contributed by atoms with Crippen molar-refractivity contribution in [1.82, 2.24) is 15.0 Å². The minimum atomic E-state index is 0.104. The quantitative estimate of drug-likeness (QED) is 0.746. The van der Waals surface area contributed by atoms with Crippen LogP contribution < -0.4 is 15.5 Å². The maximum absolute atomic E-state index is 5.15. The van der Waals surface area contributed by atoms with Crippen molar-refractivity contribution >= 4 is 17.8 Å². The summed E-state index contributed by atoms with van der Waals surface area (Å²) in [5, 5.41) is 6.02. The maximum atomic E-state index is 5.15. The standard InChI is InChI=1S/C10H20N6O/c1-7(17-5)6-12-9-13-8(11-2)14-10(15-9)16(3)4/h7H,6H2,1-5H3,(H2,11,12,13,14,15). The van der Waals surface area contributed by atoms with Gasteiger partial charge in [-0.25, -0.2) is 0 Å². The van der Waals surface area contributed by atoms with Crippen molar-refractivity contribution in [3.8, 4) is 0 Å². The first kappa shape index (κ1) is 13.4. The third kappa shape index (κ3) is 4.03. The van der Waals surface area contributed by atoms with Gasteiger partial charge in [0.1, 0.15) is 0 Å². The van der Waals surface area contributed by atoms with E-state index in [9.17, 15) is 0 Å². The highest BCUT2D eigenvalue weighted by molar-refractivity contribution is 5.42. The van der Waals surface area contributed by atoms with Crippen LogP contribution in [-0.4, -0.2) is 55.9 Å². The van der Waals surface area contributed by atoms with Crippen molar-refractivity contribution in [3.05, 3.63) is 0 Å². The molecule has 0 radical (unpaired) electrons. The highest BCUT2D eigenvalue weighted by Crippen LogP contribution is 2.10. The fourth-order valence-corrected chi connectivity index (χ4v) is 1.07. The van der Waals surface area contributed by atoms with Gasteiger partial charge in [-0.05, 0) is 6.92 Å². The Morgan fingerprint density at radius 2 is 1.88 bits per heavy atom. The van der Waals surface area contributed by atoms with E-state index in [0.717, 1.165) is 0 Å². The van der Waals surface area contributed by atoms with Crippen molar-refractivity contribution in [2.24, 2.45) is 0 Å². The topological polar surface area (TPSA) is 75.2 Å². The molecule has 1 aromatic rings. The predicted octanol–water partition coefficient (Wildman–Crippen LogP) is 0.426. The van der Waals surface area contributed by atoms with Crippen molar-refractivity contribution < 1.29 is 4.74 Å². The van der Waals surface area contributed by atoms with Gasteiger partial charge in [-0.2, -0.15) is 15.0 Å². The Hall–Kier alpha value is -1.63. The number of aromatic nitrogens is 3. The molecule has 0 saturated carbocycles. The zero-order chi connectivity index (χ0) is 12.8. The van der Waals surface area contributed by atoms with E-state index in [0.29, 0.717) is 24.4 Å². The normalized spacial score (nSPS) is 12.1. The first-order chi connectivity index (χ1) is 8.06. The molecule has 96 valence electrons. The van der Waals surface area contributed by atoms with Crippen molar-refractivity contribution in [2.45, 2.75) is 13.0 Å². The minimum Gasteiger partial charge on any atom is -0.380 e. The largest absolute Gasteiger partial charge is 0.380 e. The lowest BCUT2D eigenvalue weighted by Crippen LogP contribution is -2.21. The van der Waals surface area contributed by atoms with Gasteiger partial charge in [0.25, 0.3) is 0 Å². The Labute approximate surface area is 102 Å². The van der Waals surface area contributed by atoms with Crippen molar-refractivity contribution in [2.75, 3.05) is 50.3 Å². The van der Waals surface area contributed by atoms with E-state index in [1.165, 1.54) is 0 Å². The molecule has 2 N–H and O–H groups in total. The molecule has 0 saturated heterocycles. The van der Waals surface area contributed by atoms with Gasteiger partial charge >= 0.3 is 0 Å². The second kappa shape index (κ2) is 6.19. The van der Waals surface area contributed by atoms with Gasteiger partial charge in [-0.1, -0.05) is 0 Å². The molecule has 0 spiro atoms. The van der Waals surface area contributed by atoms with Crippen LogP contribution in [0.4, 0.5) is 17.8 Å². The molecule has 0 aliphatic carbocycles. The van der Waals surface area contributed by atoms with Gasteiger partial charge in [0, 0.05) is 34.8 Å². The third-order valence-electron chi connectivity index (χ3n) is 2.20. The molecule has 1 atom stereocenters. The van der Waals surface area contributed by atoms with E-state index < -0.39 is 0 Å². The molecular weight excluding hydrogens is 220 g/mol. The second-order valence-corrected chi connectivity index (χ2v) is 3.85. The van der Waals surface area contributed by atoms with Gasteiger partial charge in [0.05, 0.1) is 6.10 Å². The van der Waals surface area contributed by atoms with Crippen LogP contribution in [0.15, 0.2) is 0 Å². The summed E-state index contributed by atoms with van der Waals surface area (Å²) in [6.45, 7) is 2.62. The molecule has 0 fully saturated rings. The molecule has 0 aliphatic heterocycles. The fraction of sp³-hybridized carbons (Fsp3) is 0.700. The summed E-state index contributed by atoms with van der Waals surface area (Å²) in [5.74, 6) is 1.69. The zero-order valence-corrected chi connectivity index (χ0v) is 11.0. The first-order valence-corrected chi connectivity index (χ1v) is 5.44. The highest BCUT2D eigenvalue weighted by atomic mass is 16.5. The molecular formula is C10H20N6O. The lowest BCUT2D eigenvalue weighted by atomic mass is 10.4. The molecule has 1 aromatic heterocycles. The van der Waals surface area contributed by atoms with Gasteiger partial charge in [0.15, 0.2) is 0 Å². The van der Waals surface area contributed by atoms with Crippen LogP contribution in [0.25, 0.3) is 0 Å². The van der Waals surface area contributed by atoms with Crippen LogP contribution in [0.5, 0.6) is 0 Å². The molecule has 0 aromatic carbocycles. The summed E-state index contributed by atoms with van der Waals surface area (Å²) in [6.07, 6.45) is 0.104. The minimum absolute atomic E-state index is 0.104. The number of anilines is 3. The Morgan fingerprint density at radius 3 is 2.41 bits per heavy atom. The summed E-state index contributed by atoms with van der Waals surface area (Å²) < 4.78 is 5.15. The number of rotatable bonds is 6. The van der Waals surface area contributed by atoms with E-state index in [1.54, 1.807) is 14.2 Å². The summed E-state index contributed by atoms with van der Waals surface area (Å²) in [6, 6.07) is 0. The highest BCUT2D eigenvalue weighted by Gasteiger charge is 2.07. The van der Waals surface area contributed by atoms with Gasteiger partial charge in [-0.3, -0.25) is 0 Å². The third-order valence-corrected chi connectivity index (χ3v) is 2.20. The van der Waals surface area contributed by atoms with E-state index >= 15 is 0 Å². The fourth-order valence-electron chi connectivity index (χ4n) is 1.07. The van der Waals surface area contributed by atoms with Crippen molar-refractivity contribution in [1.29, 1.82) is 0 Å². The summed E-state index contributed by atoms with van der Waals surface area (Å²) >= 11 is 0. The monoisotopic (exact) mass is 240 g/mol. The van der Waals surface area contributed by atoms with Crippen LogP contribution in [0.1, 0.15) is 6.92 Å². The molecule has 0 aliphatic rings. The van der Waals surface area contributed by atoms with Gasteiger partial charge < -0.3 is 20.3 Å². The molecule has 1 unspecified atom stereocenters. The van der Waals surface area contributed by atoms with Crippen LogP contribution in [0, 0.1) is 0 Å². The van der Waals surface area contributed by atoms with E-state index in [1.807, 2.05) is 25.9 Å². The Kier molecular flexibility index (Phi) is 4.89. The summed E-state index contributed by atoms with van der Waals surface area (Å²) in [5.41, 5.74) is 0. The lowest BCUT2D eigenvalue weighted by molar-refractivity contribution is 0.128. The van der Waals surface area contributed by atoms with E-state index in [2.05, 4.69) is 25.6 Å². The van der Waals surface area contributed by atoms with Gasteiger partial charge in [-0.15, -0.1) is 0 Å². The molecule has 17 heavy (non-hydrogen) atoms. The van der Waals surface area contributed by atoms with E-state index in [-0.39, 0.29) is 6.10 Å². The van der Waals surface area contributed by atoms with Crippen LogP contribution in [-0.2, 0) is 4.74 Å². The SMILES string of the molecule is CNc1nc(NCC(C)OC)nc(N(C)C)n1. The molecule has 7 heteroatoms. The molecule has 7 nitrogen and oxygen atoms in total. The second-order valence-electron chi connectivity index (χ2n) is 3.85. The number of nitrogens with one attached hydrogen (secondary N) is 2. The first-order valence-electron chi connectivity index (χ1n) is 5.44. The predicted molar refractivity (Wildman–Crippen MR) is 68.7 cm³/mol. The van der Waals surface area contributed by atoms with Crippen LogP contribution >= 0.6 is 0 Å². The maximum Gasteiger partial charge on any atom is 0.231 e. The number of nitrogens with zero attached hydrogens (tertiary/aromatic N) is 4. The smallest absolute Gasteiger partial charge is 0.231 e. The zero-order valence-electron chi connectivity index (χ0n) is 11.0. The number of hydrogen-bond donors (Lipinski definition) is 2. The van der Waals surface area contributed by atoms with E-state index in [4.69, 9.17) is 4.74 Å². The molecule has 1 rings (SSSR count). The lowest BCUT2D eigenvalue weighted by Gasteiger charge is -2.14. The summed E-state index contributed by atoms with van der Waals surface area (Å²) in [7, 11) is 7.22. The number of hydrogen-bond acceptors (Lipinski definition) is 7. The number of ether oxygens (including phenoxy) is 1. The number of methoxy groups -OCH3 is 1. The molecule has 1 heterocycles. The summed E-state index contributed by atoms with van der Waals surface area (Å²) in [4.78, 5) is 14.5. The Bertz CT molecular complexity index is 357. The van der Waals surface area contributed by atoms with Crippen LogP contribution in [0.3, 0.4) is 0 Å². The Balaban J connectivity index is 2.80. The average molecular weight is 240 g/mol. The van der Waals surface area contributed by atoms with Crippen LogP contribution in [0.2, 0.25) is 0 Å². The van der Waals surface area contributed by atoms with Crippen molar-refractivity contribution in [3.63, 3.8) is 0 Å². The van der Waals surface area contributed by atoms with Gasteiger partial charge in [0.2, 0.25) is 17.8 Å². The Morgan fingerprint density at radius 1 is 1.24 bits per heavy atom. The molecule has 0 bridgehead atoms. The molecule has 0 amide bonds.